The predicted octanol–water partition coefficient (Wildman–Crippen LogP) is 2.55. The zero-order chi connectivity index (χ0) is 16.9. The van der Waals surface area contributed by atoms with Crippen molar-refractivity contribution in [2.75, 3.05) is 38.8 Å². The molecule has 3 rings (SSSR count). The molecule has 0 saturated carbocycles. The molecule has 2 aromatic rings. The zero-order valence-corrected chi connectivity index (χ0v) is 14.1. The van der Waals surface area contributed by atoms with E-state index in [0.717, 1.165) is 12.1 Å². The fourth-order valence-corrected chi connectivity index (χ4v) is 2.83. The van der Waals surface area contributed by atoms with Crippen LogP contribution in [-0.4, -0.2) is 44.7 Å². The second-order valence-electron chi connectivity index (χ2n) is 5.83. The third kappa shape index (κ3) is 3.62. The largest absolute Gasteiger partial charge is 0.497 e. The first-order valence-electron chi connectivity index (χ1n) is 8.01. The van der Waals surface area contributed by atoms with Crippen molar-refractivity contribution in [1.29, 1.82) is 0 Å². The van der Waals surface area contributed by atoms with E-state index in [1.165, 1.54) is 5.69 Å². The van der Waals surface area contributed by atoms with E-state index < -0.39 is 0 Å². The van der Waals surface area contributed by atoms with Crippen molar-refractivity contribution in [2.45, 2.75) is 6.54 Å². The Hall–Kier alpha value is -2.69. The number of amides is 1. The number of benzene rings is 2. The Morgan fingerprint density at radius 3 is 2.71 bits per heavy atom. The molecular formula is C19H22N2O3. The van der Waals surface area contributed by atoms with Gasteiger partial charge in [-0.3, -0.25) is 4.79 Å². The average molecular weight is 326 g/mol. The molecule has 0 fully saturated rings. The van der Waals surface area contributed by atoms with Gasteiger partial charge in [0.15, 0.2) is 6.61 Å². The second-order valence-corrected chi connectivity index (χ2v) is 5.83. The molecule has 0 aliphatic carbocycles. The minimum Gasteiger partial charge on any atom is -0.497 e. The van der Waals surface area contributed by atoms with Gasteiger partial charge in [-0.25, -0.2) is 0 Å². The molecule has 5 heteroatoms. The summed E-state index contributed by atoms with van der Waals surface area (Å²) in [5, 5.41) is 0. The van der Waals surface area contributed by atoms with Gasteiger partial charge >= 0.3 is 0 Å². The van der Waals surface area contributed by atoms with Crippen LogP contribution in [0.5, 0.6) is 11.5 Å². The van der Waals surface area contributed by atoms with E-state index in [4.69, 9.17) is 9.47 Å². The van der Waals surface area contributed by atoms with E-state index >= 15 is 0 Å². The first-order chi connectivity index (χ1) is 11.7. The van der Waals surface area contributed by atoms with Gasteiger partial charge < -0.3 is 19.3 Å². The van der Waals surface area contributed by atoms with Gasteiger partial charge in [0.05, 0.1) is 7.11 Å². The van der Waals surface area contributed by atoms with Crippen LogP contribution in [-0.2, 0) is 11.3 Å². The molecule has 5 nitrogen and oxygen atoms in total. The lowest BCUT2D eigenvalue weighted by Gasteiger charge is -2.21. The third-order valence-corrected chi connectivity index (χ3v) is 4.23. The summed E-state index contributed by atoms with van der Waals surface area (Å²) in [4.78, 5) is 16.6. The number of para-hydroxylation sites is 1. The molecule has 1 aliphatic heterocycles. The second kappa shape index (κ2) is 7.25. The number of hydrogen-bond donors (Lipinski definition) is 0. The summed E-state index contributed by atoms with van der Waals surface area (Å²) in [5.74, 6) is 1.34. The number of carbonyl (C=O) groups is 1. The summed E-state index contributed by atoms with van der Waals surface area (Å²) in [6.45, 7) is 2.13. The minimum absolute atomic E-state index is 0.0112. The van der Waals surface area contributed by atoms with Crippen LogP contribution in [0, 0.1) is 0 Å². The van der Waals surface area contributed by atoms with Crippen LogP contribution in [0.15, 0.2) is 48.5 Å². The van der Waals surface area contributed by atoms with Crippen molar-refractivity contribution in [3.05, 3.63) is 54.1 Å². The van der Waals surface area contributed by atoms with Crippen LogP contribution in [0.1, 0.15) is 5.56 Å². The molecule has 24 heavy (non-hydrogen) atoms. The molecule has 0 spiro atoms. The summed E-state index contributed by atoms with van der Waals surface area (Å²) in [6, 6.07) is 15.5. The quantitative estimate of drug-likeness (QED) is 0.866. The van der Waals surface area contributed by atoms with Gasteiger partial charge in [-0.15, -0.1) is 0 Å². The van der Waals surface area contributed by atoms with Crippen LogP contribution < -0.4 is 14.4 Å². The van der Waals surface area contributed by atoms with Crippen LogP contribution in [0.25, 0.3) is 0 Å². The van der Waals surface area contributed by atoms with Gasteiger partial charge in [-0.05, 0) is 23.8 Å². The number of rotatable bonds is 4. The van der Waals surface area contributed by atoms with E-state index in [9.17, 15) is 4.79 Å². The molecule has 0 unspecified atom stereocenters. The fraction of sp³-hybridized carbons (Fsp3) is 0.316. The van der Waals surface area contributed by atoms with Gasteiger partial charge in [0.25, 0.3) is 5.91 Å². The Morgan fingerprint density at radius 2 is 1.88 bits per heavy atom. The molecule has 0 bridgehead atoms. The number of hydrogen-bond acceptors (Lipinski definition) is 4. The first kappa shape index (κ1) is 16.2. The Balaban J connectivity index is 1.65. The highest BCUT2D eigenvalue weighted by atomic mass is 16.5. The summed E-state index contributed by atoms with van der Waals surface area (Å²) in [7, 11) is 3.66. The normalized spacial score (nSPS) is 13.9. The molecule has 1 amide bonds. The minimum atomic E-state index is -0.0112. The number of methoxy groups -OCH3 is 1. The maximum atomic E-state index is 12.5. The van der Waals surface area contributed by atoms with Gasteiger partial charge in [0.1, 0.15) is 11.5 Å². The first-order valence-corrected chi connectivity index (χ1v) is 8.01. The number of nitrogens with zero attached hydrogens (tertiary/aromatic N) is 2. The number of carbonyl (C=O) groups excluding carboxylic acids is 1. The number of likely N-dealkylation sites (N-methyl/N-ethyl adjacent to an activating group) is 1. The van der Waals surface area contributed by atoms with Crippen molar-refractivity contribution in [2.24, 2.45) is 0 Å². The van der Waals surface area contributed by atoms with E-state index in [1.54, 1.807) is 13.2 Å². The SMILES string of the molecule is COc1cccc(OCC(=O)N2CCN(C)c3ccccc3C2)c1. The van der Waals surface area contributed by atoms with Crippen molar-refractivity contribution in [3.63, 3.8) is 0 Å². The maximum absolute atomic E-state index is 12.5. The highest BCUT2D eigenvalue weighted by molar-refractivity contribution is 5.78. The van der Waals surface area contributed by atoms with Crippen LogP contribution in [0.2, 0.25) is 0 Å². The molecule has 0 saturated heterocycles. The fourth-order valence-electron chi connectivity index (χ4n) is 2.83. The molecule has 0 atom stereocenters. The van der Waals surface area contributed by atoms with Gasteiger partial charge in [0.2, 0.25) is 0 Å². The summed E-state index contributed by atoms with van der Waals surface area (Å²) in [6.07, 6.45) is 0. The summed E-state index contributed by atoms with van der Waals surface area (Å²) >= 11 is 0. The van der Waals surface area contributed by atoms with Gasteiger partial charge in [0, 0.05) is 38.4 Å². The monoisotopic (exact) mass is 326 g/mol. The average Bonchev–Trinajstić information content (AvgIpc) is 2.79. The van der Waals surface area contributed by atoms with Crippen LogP contribution in [0.4, 0.5) is 5.69 Å². The lowest BCUT2D eigenvalue weighted by atomic mass is 10.1. The van der Waals surface area contributed by atoms with Gasteiger partial charge in [-0.2, -0.15) is 0 Å². The molecular weight excluding hydrogens is 304 g/mol. The van der Waals surface area contributed by atoms with E-state index in [0.29, 0.717) is 24.6 Å². The lowest BCUT2D eigenvalue weighted by molar-refractivity contribution is -0.133. The highest BCUT2D eigenvalue weighted by Gasteiger charge is 2.21. The Labute approximate surface area is 142 Å². The molecule has 1 heterocycles. The molecule has 0 aromatic heterocycles. The predicted molar refractivity (Wildman–Crippen MR) is 93.6 cm³/mol. The summed E-state index contributed by atoms with van der Waals surface area (Å²) < 4.78 is 10.8. The number of ether oxygens (including phenoxy) is 2. The molecule has 0 N–H and O–H groups in total. The van der Waals surface area contributed by atoms with Crippen molar-refractivity contribution < 1.29 is 14.3 Å². The van der Waals surface area contributed by atoms with Gasteiger partial charge in [-0.1, -0.05) is 24.3 Å². The Morgan fingerprint density at radius 1 is 1.08 bits per heavy atom. The standard InChI is InChI=1S/C19H22N2O3/c1-20-10-11-21(13-15-6-3-4-9-18(15)20)19(22)14-24-17-8-5-7-16(12-17)23-2/h3-9,12H,10-11,13-14H2,1-2H3. The van der Waals surface area contributed by atoms with E-state index in [1.807, 2.05) is 35.2 Å². The molecule has 126 valence electrons. The zero-order valence-electron chi connectivity index (χ0n) is 14.1. The van der Waals surface area contributed by atoms with E-state index in [-0.39, 0.29) is 12.5 Å². The molecule has 0 radical (unpaired) electrons. The highest BCUT2D eigenvalue weighted by Crippen LogP contribution is 2.24. The molecule has 1 aliphatic rings. The number of fused-ring (bicyclic) bond motifs is 1. The third-order valence-electron chi connectivity index (χ3n) is 4.23. The number of anilines is 1. The Kier molecular flexibility index (Phi) is 4.89. The van der Waals surface area contributed by atoms with Crippen molar-refractivity contribution in [3.8, 4) is 11.5 Å². The lowest BCUT2D eigenvalue weighted by Crippen LogP contribution is -2.37. The van der Waals surface area contributed by atoms with Crippen LogP contribution in [0.3, 0.4) is 0 Å². The van der Waals surface area contributed by atoms with Crippen molar-refractivity contribution >= 4 is 11.6 Å². The Bertz CT molecular complexity index is 717. The van der Waals surface area contributed by atoms with E-state index in [2.05, 4.69) is 24.1 Å². The topological polar surface area (TPSA) is 42.0 Å². The summed E-state index contributed by atoms with van der Waals surface area (Å²) in [5.41, 5.74) is 2.34. The molecule has 2 aromatic carbocycles. The maximum Gasteiger partial charge on any atom is 0.260 e. The van der Waals surface area contributed by atoms with Crippen LogP contribution >= 0.6 is 0 Å². The van der Waals surface area contributed by atoms with Crippen molar-refractivity contribution in [1.82, 2.24) is 4.90 Å². The smallest absolute Gasteiger partial charge is 0.260 e.